The molecule has 0 spiro atoms. The Morgan fingerprint density at radius 1 is 1.79 bits per heavy atom. The average molecular weight is 215 g/mol. The van der Waals surface area contributed by atoms with Crippen molar-refractivity contribution in [1.82, 2.24) is 5.16 Å². The molecule has 0 saturated heterocycles. The topological polar surface area (TPSA) is 81.2 Å². The maximum atomic E-state index is 11.2. The first-order chi connectivity index (χ1) is 6.72. The monoisotopic (exact) mass is 215 g/mol. The number of aryl methyl sites for hydroxylation is 1. The number of amides is 1. The Morgan fingerprint density at radius 2 is 2.57 bits per heavy atom. The third kappa shape index (κ3) is 3.80. The van der Waals surface area contributed by atoms with E-state index in [1.807, 2.05) is 0 Å². The van der Waals surface area contributed by atoms with Crippen LogP contribution in [0.4, 0.5) is 5.88 Å². The SMILES string of the molecule is Cc1cc(NC(=O)CSCCN)on1. The second-order valence-electron chi connectivity index (χ2n) is 2.72. The Bertz CT molecular complexity index is 301. The summed E-state index contributed by atoms with van der Waals surface area (Å²) in [6.45, 7) is 2.38. The van der Waals surface area contributed by atoms with Gasteiger partial charge in [0.25, 0.3) is 0 Å². The molecule has 0 bridgehead atoms. The highest BCUT2D eigenvalue weighted by Gasteiger charge is 2.05. The third-order valence-corrected chi connectivity index (χ3v) is 2.38. The second kappa shape index (κ2) is 5.66. The van der Waals surface area contributed by atoms with E-state index in [0.29, 0.717) is 18.2 Å². The maximum Gasteiger partial charge on any atom is 0.236 e. The Kier molecular flexibility index (Phi) is 4.48. The fourth-order valence-corrected chi connectivity index (χ4v) is 1.41. The highest BCUT2D eigenvalue weighted by atomic mass is 32.2. The van der Waals surface area contributed by atoms with Crippen LogP contribution in [0.1, 0.15) is 5.69 Å². The van der Waals surface area contributed by atoms with Crippen molar-refractivity contribution in [2.45, 2.75) is 6.92 Å². The van der Waals surface area contributed by atoms with Crippen LogP contribution in [-0.2, 0) is 4.79 Å². The van der Waals surface area contributed by atoms with E-state index in [1.165, 1.54) is 11.8 Å². The summed E-state index contributed by atoms with van der Waals surface area (Å²) in [5, 5.41) is 6.24. The molecule has 1 aromatic heterocycles. The number of aromatic nitrogens is 1. The molecule has 0 radical (unpaired) electrons. The summed E-state index contributed by atoms with van der Waals surface area (Å²) in [4.78, 5) is 11.2. The van der Waals surface area contributed by atoms with E-state index >= 15 is 0 Å². The number of nitrogens with one attached hydrogen (secondary N) is 1. The van der Waals surface area contributed by atoms with Crippen LogP contribution in [-0.4, -0.2) is 29.1 Å². The van der Waals surface area contributed by atoms with Gasteiger partial charge in [-0.15, -0.1) is 0 Å². The van der Waals surface area contributed by atoms with Crippen molar-refractivity contribution in [3.63, 3.8) is 0 Å². The Hall–Kier alpha value is -1.01. The smallest absolute Gasteiger partial charge is 0.236 e. The van der Waals surface area contributed by atoms with Crippen LogP contribution in [0, 0.1) is 6.92 Å². The molecular formula is C8H13N3O2S. The lowest BCUT2D eigenvalue weighted by Gasteiger charge is -1.99. The summed E-state index contributed by atoms with van der Waals surface area (Å²) >= 11 is 1.49. The molecule has 1 amide bonds. The van der Waals surface area contributed by atoms with Gasteiger partial charge in [0.15, 0.2) is 0 Å². The normalized spacial score (nSPS) is 10.1. The molecule has 78 valence electrons. The molecule has 0 atom stereocenters. The van der Waals surface area contributed by atoms with Crippen LogP contribution in [0.5, 0.6) is 0 Å². The van der Waals surface area contributed by atoms with Gasteiger partial charge in [-0.1, -0.05) is 5.16 Å². The quantitative estimate of drug-likeness (QED) is 0.703. The zero-order valence-electron chi connectivity index (χ0n) is 7.95. The zero-order valence-corrected chi connectivity index (χ0v) is 8.76. The summed E-state index contributed by atoms with van der Waals surface area (Å²) < 4.78 is 4.83. The molecule has 14 heavy (non-hydrogen) atoms. The highest BCUT2D eigenvalue weighted by molar-refractivity contribution is 7.99. The van der Waals surface area contributed by atoms with Crippen LogP contribution in [0.3, 0.4) is 0 Å². The minimum Gasteiger partial charge on any atom is -0.338 e. The number of nitrogens with two attached hydrogens (primary N) is 1. The first kappa shape index (κ1) is 11.1. The minimum absolute atomic E-state index is 0.0976. The standard InChI is InChI=1S/C8H13N3O2S/c1-6-4-8(13-11-6)10-7(12)5-14-3-2-9/h4H,2-3,5,9H2,1H3,(H,10,12). The fraction of sp³-hybridized carbons (Fsp3) is 0.500. The summed E-state index contributed by atoms with van der Waals surface area (Å²) in [5.41, 5.74) is 6.03. The number of anilines is 1. The van der Waals surface area contributed by atoms with Crippen molar-refractivity contribution < 1.29 is 9.32 Å². The van der Waals surface area contributed by atoms with E-state index in [9.17, 15) is 4.79 Å². The lowest BCUT2D eigenvalue weighted by atomic mass is 10.5. The van der Waals surface area contributed by atoms with Gasteiger partial charge in [0, 0.05) is 18.4 Å². The molecule has 1 heterocycles. The Balaban J connectivity index is 2.27. The molecule has 5 nitrogen and oxygen atoms in total. The number of rotatable bonds is 5. The van der Waals surface area contributed by atoms with Gasteiger partial charge in [-0.2, -0.15) is 11.8 Å². The molecule has 0 aliphatic heterocycles. The highest BCUT2D eigenvalue weighted by Crippen LogP contribution is 2.09. The predicted molar refractivity (Wildman–Crippen MR) is 56.2 cm³/mol. The van der Waals surface area contributed by atoms with Gasteiger partial charge in [-0.3, -0.25) is 10.1 Å². The van der Waals surface area contributed by atoms with Gasteiger partial charge in [-0.25, -0.2) is 0 Å². The minimum atomic E-state index is -0.0976. The number of carbonyl (C=O) groups is 1. The number of thioether (sulfide) groups is 1. The van der Waals surface area contributed by atoms with Crippen molar-refractivity contribution >= 4 is 23.6 Å². The van der Waals surface area contributed by atoms with Crippen molar-refractivity contribution in [3.8, 4) is 0 Å². The van der Waals surface area contributed by atoms with Gasteiger partial charge in [0.05, 0.1) is 11.4 Å². The summed E-state index contributed by atoms with van der Waals surface area (Å²) in [5.74, 6) is 1.46. The summed E-state index contributed by atoms with van der Waals surface area (Å²) in [7, 11) is 0. The summed E-state index contributed by atoms with van der Waals surface area (Å²) in [6, 6.07) is 1.67. The molecule has 1 rings (SSSR count). The number of nitrogens with zero attached hydrogens (tertiary/aromatic N) is 1. The predicted octanol–water partition coefficient (Wildman–Crippen LogP) is 0.613. The number of hydrogen-bond acceptors (Lipinski definition) is 5. The zero-order chi connectivity index (χ0) is 10.4. The van der Waals surface area contributed by atoms with Crippen molar-refractivity contribution in [2.24, 2.45) is 5.73 Å². The van der Waals surface area contributed by atoms with Crippen LogP contribution in [0.25, 0.3) is 0 Å². The van der Waals surface area contributed by atoms with E-state index in [0.717, 1.165) is 11.4 Å². The Labute approximate surface area is 86.4 Å². The molecule has 0 aliphatic rings. The van der Waals surface area contributed by atoms with Crippen molar-refractivity contribution in [2.75, 3.05) is 23.4 Å². The van der Waals surface area contributed by atoms with Gasteiger partial charge >= 0.3 is 0 Å². The van der Waals surface area contributed by atoms with E-state index in [1.54, 1.807) is 13.0 Å². The summed E-state index contributed by atoms with van der Waals surface area (Å²) in [6.07, 6.45) is 0. The van der Waals surface area contributed by atoms with E-state index in [4.69, 9.17) is 10.3 Å². The molecule has 1 aromatic rings. The lowest BCUT2D eigenvalue weighted by molar-refractivity contribution is -0.113. The van der Waals surface area contributed by atoms with Gasteiger partial charge in [0.1, 0.15) is 0 Å². The molecule has 3 N–H and O–H groups in total. The second-order valence-corrected chi connectivity index (χ2v) is 3.83. The lowest BCUT2D eigenvalue weighted by Crippen LogP contribution is -2.15. The molecule has 0 fully saturated rings. The van der Waals surface area contributed by atoms with Crippen LogP contribution in [0.2, 0.25) is 0 Å². The Morgan fingerprint density at radius 3 is 3.14 bits per heavy atom. The van der Waals surface area contributed by atoms with Gasteiger partial charge < -0.3 is 10.3 Å². The van der Waals surface area contributed by atoms with Crippen molar-refractivity contribution in [1.29, 1.82) is 0 Å². The maximum absolute atomic E-state index is 11.2. The molecule has 0 aromatic carbocycles. The largest absolute Gasteiger partial charge is 0.338 e. The number of carbonyl (C=O) groups excluding carboxylic acids is 1. The van der Waals surface area contributed by atoms with Crippen LogP contribution in [0.15, 0.2) is 10.6 Å². The van der Waals surface area contributed by atoms with Crippen LogP contribution >= 0.6 is 11.8 Å². The van der Waals surface area contributed by atoms with E-state index in [-0.39, 0.29) is 5.91 Å². The van der Waals surface area contributed by atoms with E-state index in [2.05, 4.69) is 10.5 Å². The van der Waals surface area contributed by atoms with Gasteiger partial charge in [-0.05, 0) is 6.92 Å². The van der Waals surface area contributed by atoms with Gasteiger partial charge in [0.2, 0.25) is 11.8 Å². The molecule has 0 aliphatic carbocycles. The average Bonchev–Trinajstić information content (AvgIpc) is 2.52. The molecule has 0 unspecified atom stereocenters. The molecule has 6 heteroatoms. The fourth-order valence-electron chi connectivity index (χ4n) is 0.844. The molecular weight excluding hydrogens is 202 g/mol. The first-order valence-corrected chi connectivity index (χ1v) is 5.39. The third-order valence-electron chi connectivity index (χ3n) is 1.39. The van der Waals surface area contributed by atoms with E-state index < -0.39 is 0 Å². The van der Waals surface area contributed by atoms with Crippen LogP contribution < -0.4 is 11.1 Å². The van der Waals surface area contributed by atoms with Crippen molar-refractivity contribution in [3.05, 3.63) is 11.8 Å². The number of hydrogen-bond donors (Lipinski definition) is 2. The molecule has 0 saturated carbocycles. The first-order valence-electron chi connectivity index (χ1n) is 4.23.